The van der Waals surface area contributed by atoms with Crippen LogP contribution in [0.5, 0.6) is 0 Å². The van der Waals surface area contributed by atoms with E-state index in [1.165, 1.54) is 4.57 Å². The number of nitrogens with zero attached hydrogens (tertiary/aromatic N) is 1. The molecule has 14 heavy (non-hydrogen) atoms. The minimum Gasteiger partial charge on any atom is -0.449 e. The van der Waals surface area contributed by atoms with Crippen LogP contribution in [-0.2, 0) is 4.74 Å². The molecule has 0 fully saturated rings. The number of rotatable bonds is 3. The quantitative estimate of drug-likeness (QED) is 0.720. The summed E-state index contributed by atoms with van der Waals surface area (Å²) in [6.07, 6.45) is 3.10. The van der Waals surface area contributed by atoms with Gasteiger partial charge in [-0.25, -0.2) is 4.79 Å². The van der Waals surface area contributed by atoms with Crippen LogP contribution in [0.25, 0.3) is 0 Å². The largest absolute Gasteiger partial charge is 0.449 e. The molecule has 78 valence electrons. The van der Waals surface area contributed by atoms with Crippen molar-refractivity contribution in [3.8, 4) is 0 Å². The van der Waals surface area contributed by atoms with E-state index in [9.17, 15) is 4.79 Å². The van der Waals surface area contributed by atoms with Crippen LogP contribution in [0.1, 0.15) is 0 Å². The Morgan fingerprint density at radius 1 is 1.29 bits per heavy atom. The minimum absolute atomic E-state index is 0.284. The van der Waals surface area contributed by atoms with Crippen molar-refractivity contribution in [3.05, 3.63) is 24.5 Å². The molecule has 0 saturated carbocycles. The maximum Gasteiger partial charge on any atom is 0.417 e. The average Bonchev–Trinajstić information content (AvgIpc) is 2.53. The summed E-state index contributed by atoms with van der Waals surface area (Å²) in [5.74, 6) is 0. The molecule has 1 aromatic rings. The lowest BCUT2D eigenvalue weighted by Gasteiger charge is -2.15. The molecule has 0 saturated heterocycles. The van der Waals surface area contributed by atoms with Crippen molar-refractivity contribution in [2.24, 2.45) is 0 Å². The fraction of sp³-hybridized carbons (Fsp3) is 0.500. The highest BCUT2D eigenvalue weighted by molar-refractivity contribution is 6.76. The Kier molecular flexibility index (Phi) is 3.52. The SMILES string of the molecule is C[Si](C)(C)CCOC(=O)n1cccc1. The molecule has 0 spiro atoms. The molecule has 0 N–H and O–H groups in total. The summed E-state index contributed by atoms with van der Waals surface area (Å²) in [6, 6.07) is 4.62. The predicted molar refractivity (Wildman–Crippen MR) is 59.3 cm³/mol. The summed E-state index contributed by atoms with van der Waals surface area (Å²) in [6.45, 7) is 7.32. The first-order chi connectivity index (χ1) is 6.49. The first-order valence-electron chi connectivity index (χ1n) is 4.79. The predicted octanol–water partition coefficient (Wildman–Crippen LogP) is 2.81. The molecule has 0 atom stereocenters. The molecule has 0 unspecified atom stereocenters. The molecule has 1 aromatic heterocycles. The molecule has 0 aliphatic carbocycles. The Balaban J connectivity index is 2.30. The van der Waals surface area contributed by atoms with Gasteiger partial charge in [0.25, 0.3) is 0 Å². The fourth-order valence-electron chi connectivity index (χ4n) is 0.975. The highest BCUT2D eigenvalue weighted by Gasteiger charge is 2.13. The molecule has 0 radical (unpaired) electrons. The lowest BCUT2D eigenvalue weighted by Crippen LogP contribution is -2.23. The molecule has 0 aliphatic rings. The van der Waals surface area contributed by atoms with Gasteiger partial charge >= 0.3 is 6.09 Å². The van der Waals surface area contributed by atoms with Gasteiger partial charge in [-0.15, -0.1) is 0 Å². The number of hydrogen-bond donors (Lipinski definition) is 0. The van der Waals surface area contributed by atoms with Gasteiger partial charge in [-0.1, -0.05) is 19.6 Å². The normalized spacial score (nSPS) is 11.4. The van der Waals surface area contributed by atoms with E-state index < -0.39 is 8.07 Å². The van der Waals surface area contributed by atoms with Gasteiger partial charge in [-0.05, 0) is 18.2 Å². The summed E-state index contributed by atoms with van der Waals surface area (Å²) in [5.41, 5.74) is 0. The van der Waals surface area contributed by atoms with Gasteiger partial charge in [-0.2, -0.15) is 0 Å². The summed E-state index contributed by atoms with van der Waals surface area (Å²) < 4.78 is 6.57. The molecular formula is C10H17NO2Si. The molecule has 0 bridgehead atoms. The van der Waals surface area contributed by atoms with E-state index in [-0.39, 0.29) is 6.09 Å². The van der Waals surface area contributed by atoms with Gasteiger partial charge in [0.15, 0.2) is 0 Å². The topological polar surface area (TPSA) is 31.2 Å². The van der Waals surface area contributed by atoms with Gasteiger partial charge in [0.1, 0.15) is 0 Å². The van der Waals surface area contributed by atoms with Crippen LogP contribution in [0.3, 0.4) is 0 Å². The number of aromatic nitrogens is 1. The second kappa shape index (κ2) is 4.46. The molecule has 3 nitrogen and oxygen atoms in total. The van der Waals surface area contributed by atoms with Crippen LogP contribution in [-0.4, -0.2) is 25.3 Å². The number of carbonyl (C=O) groups is 1. The van der Waals surface area contributed by atoms with Crippen LogP contribution in [0.4, 0.5) is 4.79 Å². The van der Waals surface area contributed by atoms with E-state index in [0.717, 1.165) is 6.04 Å². The van der Waals surface area contributed by atoms with E-state index in [1.807, 2.05) is 0 Å². The third-order valence-corrected chi connectivity index (χ3v) is 3.60. The summed E-state index contributed by atoms with van der Waals surface area (Å²) in [7, 11) is -1.10. The Bertz CT molecular complexity index is 288. The minimum atomic E-state index is -1.10. The van der Waals surface area contributed by atoms with Crippen molar-refractivity contribution in [2.45, 2.75) is 25.7 Å². The van der Waals surface area contributed by atoms with Crippen molar-refractivity contribution in [1.29, 1.82) is 0 Å². The molecule has 4 heteroatoms. The molecule has 1 heterocycles. The van der Waals surface area contributed by atoms with Crippen molar-refractivity contribution in [3.63, 3.8) is 0 Å². The Hall–Kier alpha value is -1.03. The Labute approximate surface area is 85.7 Å². The third-order valence-electron chi connectivity index (χ3n) is 1.89. The average molecular weight is 211 g/mol. The Morgan fingerprint density at radius 3 is 2.36 bits per heavy atom. The molecule has 0 amide bonds. The second-order valence-corrected chi connectivity index (χ2v) is 10.1. The maximum absolute atomic E-state index is 11.3. The van der Waals surface area contributed by atoms with Crippen molar-refractivity contribution in [1.82, 2.24) is 4.57 Å². The zero-order chi connectivity index (χ0) is 10.6. The van der Waals surface area contributed by atoms with Crippen molar-refractivity contribution >= 4 is 14.2 Å². The van der Waals surface area contributed by atoms with E-state index in [2.05, 4.69) is 19.6 Å². The van der Waals surface area contributed by atoms with Crippen molar-refractivity contribution < 1.29 is 9.53 Å². The lowest BCUT2D eigenvalue weighted by atomic mass is 10.7. The zero-order valence-electron chi connectivity index (χ0n) is 8.99. The molecule has 0 aliphatic heterocycles. The molecule has 1 rings (SSSR count). The number of carbonyl (C=O) groups excluding carboxylic acids is 1. The first kappa shape index (κ1) is 11.0. The van der Waals surface area contributed by atoms with Gasteiger partial charge in [0.05, 0.1) is 6.61 Å². The van der Waals surface area contributed by atoms with E-state index in [1.54, 1.807) is 24.5 Å². The highest BCUT2D eigenvalue weighted by Crippen LogP contribution is 2.07. The fourth-order valence-corrected chi connectivity index (χ4v) is 1.69. The Morgan fingerprint density at radius 2 is 1.86 bits per heavy atom. The molecular weight excluding hydrogens is 194 g/mol. The summed E-state index contributed by atoms with van der Waals surface area (Å²) >= 11 is 0. The van der Waals surface area contributed by atoms with Gasteiger partial charge in [-0.3, -0.25) is 4.57 Å². The zero-order valence-corrected chi connectivity index (χ0v) is 9.99. The highest BCUT2D eigenvalue weighted by atomic mass is 28.3. The smallest absolute Gasteiger partial charge is 0.417 e. The van der Waals surface area contributed by atoms with Crippen LogP contribution >= 0.6 is 0 Å². The third kappa shape index (κ3) is 3.78. The lowest BCUT2D eigenvalue weighted by molar-refractivity contribution is 0.153. The van der Waals surface area contributed by atoms with E-state index in [0.29, 0.717) is 6.61 Å². The van der Waals surface area contributed by atoms with Crippen LogP contribution in [0.2, 0.25) is 25.7 Å². The van der Waals surface area contributed by atoms with Crippen LogP contribution in [0, 0.1) is 0 Å². The maximum atomic E-state index is 11.3. The van der Waals surface area contributed by atoms with Crippen LogP contribution < -0.4 is 0 Å². The van der Waals surface area contributed by atoms with Crippen molar-refractivity contribution in [2.75, 3.05) is 6.61 Å². The second-order valence-electron chi connectivity index (χ2n) is 4.52. The van der Waals surface area contributed by atoms with E-state index >= 15 is 0 Å². The summed E-state index contributed by atoms with van der Waals surface area (Å²) in [5, 5.41) is 0. The standard InChI is InChI=1S/C10H17NO2Si/c1-14(2,3)9-8-13-10(12)11-6-4-5-7-11/h4-7H,8-9H2,1-3H3. The first-order valence-corrected chi connectivity index (χ1v) is 8.50. The van der Waals surface area contributed by atoms with Gasteiger partial charge in [0, 0.05) is 20.5 Å². The number of ether oxygens (including phenoxy) is 1. The van der Waals surface area contributed by atoms with Gasteiger partial charge in [0.2, 0.25) is 0 Å². The molecule has 0 aromatic carbocycles. The van der Waals surface area contributed by atoms with E-state index in [4.69, 9.17) is 4.74 Å². The van der Waals surface area contributed by atoms with Gasteiger partial charge < -0.3 is 4.74 Å². The van der Waals surface area contributed by atoms with Crippen LogP contribution in [0.15, 0.2) is 24.5 Å². The summed E-state index contributed by atoms with van der Waals surface area (Å²) in [4.78, 5) is 11.3. The number of hydrogen-bond acceptors (Lipinski definition) is 2. The monoisotopic (exact) mass is 211 g/mol.